The number of piperazine rings is 1. The van der Waals surface area contributed by atoms with E-state index in [0.29, 0.717) is 45.3 Å². The fraction of sp³-hybridized carbons (Fsp3) is 0.514. The number of hydrogen-bond donors (Lipinski definition) is 1. The van der Waals surface area contributed by atoms with Crippen molar-refractivity contribution in [1.29, 1.82) is 0 Å². The van der Waals surface area contributed by atoms with Gasteiger partial charge < -0.3 is 29.4 Å². The van der Waals surface area contributed by atoms with E-state index in [9.17, 15) is 9.90 Å². The number of benzene rings is 2. The Morgan fingerprint density at radius 3 is 2.50 bits per heavy atom. The fourth-order valence-corrected chi connectivity index (χ4v) is 6.89. The van der Waals surface area contributed by atoms with E-state index in [4.69, 9.17) is 14.7 Å². The molecular weight excluding hydrogens is 552 g/mol. The Balaban J connectivity index is 1.23. The average Bonchev–Trinajstić information content (AvgIpc) is 3.02. The van der Waals surface area contributed by atoms with Crippen LogP contribution in [0.2, 0.25) is 0 Å². The van der Waals surface area contributed by atoms with Crippen molar-refractivity contribution in [3.05, 3.63) is 59.8 Å². The average molecular weight is 599 g/mol. The predicted molar refractivity (Wildman–Crippen MR) is 176 cm³/mol. The lowest BCUT2D eigenvalue weighted by Crippen LogP contribution is -2.49. The van der Waals surface area contributed by atoms with Crippen molar-refractivity contribution in [3.8, 4) is 11.8 Å². The van der Waals surface area contributed by atoms with Gasteiger partial charge in [-0.3, -0.25) is 4.79 Å². The lowest BCUT2D eigenvalue weighted by atomic mass is 10.0. The summed E-state index contributed by atoms with van der Waals surface area (Å²) in [7, 11) is 0. The number of carbonyl (C=O) groups is 1. The number of phenolic OH excluding ortho intramolecular Hbond substituents is 1. The SMILES string of the molecule is C=CC(=O)N1CCN(c2nc(OCCCN3CCCCCCC3)nc3c2CCN(c2cc(O)cc4cc(C)ccc24)C3)CC1. The van der Waals surface area contributed by atoms with E-state index < -0.39 is 0 Å². The van der Waals surface area contributed by atoms with E-state index in [1.807, 2.05) is 17.0 Å². The van der Waals surface area contributed by atoms with Crippen LogP contribution < -0.4 is 14.5 Å². The minimum atomic E-state index is -0.0254. The highest BCUT2D eigenvalue weighted by Crippen LogP contribution is 2.37. The third-order valence-electron chi connectivity index (χ3n) is 9.30. The number of amides is 1. The summed E-state index contributed by atoms with van der Waals surface area (Å²) >= 11 is 0. The van der Waals surface area contributed by atoms with Crippen LogP contribution in [0.25, 0.3) is 10.8 Å². The third-order valence-corrected chi connectivity index (χ3v) is 9.30. The normalized spacial score (nSPS) is 18.1. The molecule has 2 aromatic carbocycles. The second kappa shape index (κ2) is 13.8. The van der Waals surface area contributed by atoms with Crippen LogP contribution in [0.15, 0.2) is 43.0 Å². The maximum Gasteiger partial charge on any atom is 0.318 e. The van der Waals surface area contributed by atoms with Gasteiger partial charge in [-0.15, -0.1) is 0 Å². The van der Waals surface area contributed by atoms with E-state index in [-0.39, 0.29) is 11.7 Å². The van der Waals surface area contributed by atoms with E-state index in [1.54, 1.807) is 0 Å². The zero-order valence-corrected chi connectivity index (χ0v) is 26.1. The summed E-state index contributed by atoms with van der Waals surface area (Å²) in [5, 5.41) is 12.7. The number of carbonyl (C=O) groups excluding carboxylic acids is 1. The highest BCUT2D eigenvalue weighted by Gasteiger charge is 2.29. The zero-order chi connectivity index (χ0) is 30.5. The number of likely N-dealkylation sites (tertiary alicyclic amines) is 1. The van der Waals surface area contributed by atoms with Gasteiger partial charge in [0.25, 0.3) is 0 Å². The molecule has 6 rings (SSSR count). The van der Waals surface area contributed by atoms with Crippen LogP contribution in [0.3, 0.4) is 0 Å². The summed E-state index contributed by atoms with van der Waals surface area (Å²) in [6, 6.07) is 10.5. The van der Waals surface area contributed by atoms with E-state index in [0.717, 1.165) is 59.5 Å². The van der Waals surface area contributed by atoms with Crippen molar-refractivity contribution in [3.63, 3.8) is 0 Å². The van der Waals surface area contributed by atoms with E-state index >= 15 is 0 Å². The molecule has 0 unspecified atom stereocenters. The molecule has 0 radical (unpaired) electrons. The molecule has 0 bridgehead atoms. The fourth-order valence-electron chi connectivity index (χ4n) is 6.89. The van der Waals surface area contributed by atoms with Gasteiger partial charge in [-0.1, -0.05) is 49.6 Å². The van der Waals surface area contributed by atoms with Crippen molar-refractivity contribution >= 4 is 28.2 Å². The number of aryl methyl sites for hydroxylation is 1. The summed E-state index contributed by atoms with van der Waals surface area (Å²) in [4.78, 5) is 31.2. The van der Waals surface area contributed by atoms with Crippen LogP contribution in [0.5, 0.6) is 11.8 Å². The standard InChI is InChI=1S/C35H46N6O3/c1-3-33(43)39-17-19-40(20-18-39)34-30-12-16-41(32-24-28(42)23-27-22-26(2)10-11-29(27)32)25-31(30)36-35(37-34)44-21-9-15-38-13-7-5-4-6-8-14-38/h3,10-11,22-24,42H,1,4-9,12-21,25H2,2H3. The minimum absolute atomic E-state index is 0.0254. The van der Waals surface area contributed by atoms with Crippen LogP contribution in [-0.2, 0) is 17.8 Å². The smallest absolute Gasteiger partial charge is 0.318 e. The number of rotatable bonds is 8. The lowest BCUT2D eigenvalue weighted by molar-refractivity contribution is -0.126. The third kappa shape index (κ3) is 6.93. The Hall–Kier alpha value is -3.85. The molecule has 2 fully saturated rings. The Morgan fingerprint density at radius 1 is 0.955 bits per heavy atom. The molecule has 3 aliphatic heterocycles. The van der Waals surface area contributed by atoms with Crippen molar-refractivity contribution in [2.75, 3.05) is 68.8 Å². The number of anilines is 2. The van der Waals surface area contributed by atoms with Crippen molar-refractivity contribution in [2.45, 2.75) is 58.4 Å². The van der Waals surface area contributed by atoms with Gasteiger partial charge in [0.15, 0.2) is 0 Å². The number of aromatic nitrogens is 2. The maximum atomic E-state index is 12.2. The highest BCUT2D eigenvalue weighted by molar-refractivity contribution is 5.96. The Labute approximate surface area is 261 Å². The summed E-state index contributed by atoms with van der Waals surface area (Å²) in [6.07, 6.45) is 9.74. The van der Waals surface area contributed by atoms with E-state index in [1.165, 1.54) is 56.8 Å². The second-order valence-corrected chi connectivity index (χ2v) is 12.4. The van der Waals surface area contributed by atoms with E-state index in [2.05, 4.69) is 46.4 Å². The highest BCUT2D eigenvalue weighted by atomic mass is 16.5. The first-order valence-electron chi connectivity index (χ1n) is 16.4. The monoisotopic (exact) mass is 598 g/mol. The summed E-state index contributed by atoms with van der Waals surface area (Å²) in [5.74, 6) is 1.17. The molecule has 0 saturated carbocycles. The molecular formula is C35H46N6O3. The van der Waals surface area contributed by atoms with Crippen LogP contribution in [0, 0.1) is 6.92 Å². The first-order valence-corrected chi connectivity index (χ1v) is 16.4. The molecule has 9 nitrogen and oxygen atoms in total. The number of fused-ring (bicyclic) bond motifs is 2. The second-order valence-electron chi connectivity index (χ2n) is 12.4. The quantitative estimate of drug-likeness (QED) is 0.284. The number of phenols is 1. The van der Waals surface area contributed by atoms with Crippen molar-refractivity contribution in [1.82, 2.24) is 19.8 Å². The zero-order valence-electron chi connectivity index (χ0n) is 26.1. The molecule has 1 amide bonds. The number of ether oxygens (including phenoxy) is 1. The van der Waals surface area contributed by atoms with Crippen LogP contribution in [0.4, 0.5) is 11.5 Å². The Kier molecular flexibility index (Phi) is 9.50. The van der Waals surface area contributed by atoms with Gasteiger partial charge in [0.1, 0.15) is 11.6 Å². The summed E-state index contributed by atoms with van der Waals surface area (Å²) in [6.45, 7) is 13.8. The molecule has 0 atom stereocenters. The van der Waals surface area contributed by atoms with Gasteiger partial charge in [0.2, 0.25) is 5.91 Å². The van der Waals surface area contributed by atoms with Crippen LogP contribution >= 0.6 is 0 Å². The van der Waals surface area contributed by atoms with Crippen molar-refractivity contribution < 1.29 is 14.6 Å². The molecule has 3 aromatic rings. The molecule has 0 aliphatic carbocycles. The van der Waals surface area contributed by atoms with Gasteiger partial charge in [0.05, 0.1) is 18.8 Å². The molecule has 44 heavy (non-hydrogen) atoms. The van der Waals surface area contributed by atoms with Crippen molar-refractivity contribution in [2.24, 2.45) is 0 Å². The molecule has 1 N–H and O–H groups in total. The van der Waals surface area contributed by atoms with Crippen LogP contribution in [-0.4, -0.2) is 89.7 Å². The Bertz CT molecular complexity index is 1470. The first kappa shape index (κ1) is 30.2. The minimum Gasteiger partial charge on any atom is -0.508 e. The molecule has 3 aliphatic rings. The largest absolute Gasteiger partial charge is 0.508 e. The van der Waals surface area contributed by atoms with Gasteiger partial charge >= 0.3 is 6.01 Å². The van der Waals surface area contributed by atoms with Gasteiger partial charge in [-0.2, -0.15) is 9.97 Å². The first-order chi connectivity index (χ1) is 21.5. The van der Waals surface area contributed by atoms with Gasteiger partial charge in [-0.05, 0) is 63.2 Å². The van der Waals surface area contributed by atoms with Gasteiger partial charge in [0, 0.05) is 62.0 Å². The number of aromatic hydroxyl groups is 1. The van der Waals surface area contributed by atoms with Gasteiger partial charge in [-0.25, -0.2) is 0 Å². The summed E-state index contributed by atoms with van der Waals surface area (Å²) < 4.78 is 6.26. The van der Waals surface area contributed by atoms with Crippen LogP contribution in [0.1, 0.15) is 55.3 Å². The molecule has 234 valence electrons. The molecule has 4 heterocycles. The topological polar surface area (TPSA) is 85.3 Å². The summed E-state index contributed by atoms with van der Waals surface area (Å²) in [5.41, 5.74) is 4.29. The maximum absolute atomic E-state index is 12.2. The Morgan fingerprint density at radius 2 is 1.73 bits per heavy atom. The number of hydrogen-bond acceptors (Lipinski definition) is 8. The molecule has 2 saturated heterocycles. The molecule has 1 aromatic heterocycles. The lowest BCUT2D eigenvalue weighted by Gasteiger charge is -2.38. The molecule has 0 spiro atoms. The molecule has 9 heteroatoms. The predicted octanol–water partition coefficient (Wildman–Crippen LogP) is 5.08. The number of nitrogens with zero attached hydrogens (tertiary/aromatic N) is 6.